The lowest BCUT2D eigenvalue weighted by Crippen LogP contribution is -2.47. The van der Waals surface area contributed by atoms with Crippen molar-refractivity contribution in [1.82, 2.24) is 0 Å². The smallest absolute Gasteiger partial charge is 0.421 e. The molecule has 0 aromatic heterocycles. The van der Waals surface area contributed by atoms with Crippen LogP contribution in [0.1, 0.15) is 44.7 Å². The second-order valence-electron chi connectivity index (χ2n) is 8.46. The number of rotatable bonds is 4. The minimum Gasteiger partial charge on any atom is -0.443 e. The van der Waals surface area contributed by atoms with E-state index in [1.807, 2.05) is 0 Å². The Morgan fingerprint density at radius 1 is 1.23 bits per heavy atom. The van der Waals surface area contributed by atoms with E-state index in [1.54, 1.807) is 51.1 Å². The summed E-state index contributed by atoms with van der Waals surface area (Å²) in [4.78, 5) is 38.3. The molecule has 0 radical (unpaired) electrons. The van der Waals surface area contributed by atoms with Gasteiger partial charge in [0, 0.05) is 4.92 Å². The Morgan fingerprint density at radius 3 is 2.43 bits per heavy atom. The Bertz CT molecular complexity index is 1000. The maximum atomic E-state index is 14.2. The summed E-state index contributed by atoms with van der Waals surface area (Å²) in [5.41, 5.74) is -1.47. The number of amides is 2. The van der Waals surface area contributed by atoms with Crippen molar-refractivity contribution in [2.75, 3.05) is 11.4 Å². The monoisotopic (exact) mass is 414 g/mol. The van der Waals surface area contributed by atoms with Crippen molar-refractivity contribution in [3.05, 3.63) is 75.6 Å². The molecule has 0 saturated carbocycles. The standard InChI is InChI=1S/C22H23FN2O5/c1-21(2,3)30-20(27)25-18-11-10-15(23)12-16(18)22(4,19(25)26)17(13-24(28)29)14-8-6-5-7-9-14/h5-12,17H,13H2,1-4H3/t17-,22-/m1/s1. The van der Waals surface area contributed by atoms with Gasteiger partial charge in [0.1, 0.15) is 11.4 Å². The number of ether oxygens (including phenoxy) is 1. The molecule has 0 fully saturated rings. The van der Waals surface area contributed by atoms with Crippen LogP contribution in [-0.4, -0.2) is 29.1 Å². The predicted molar refractivity (Wildman–Crippen MR) is 109 cm³/mol. The van der Waals surface area contributed by atoms with Crippen molar-refractivity contribution in [3.8, 4) is 0 Å². The number of nitrogens with zero attached hydrogens (tertiary/aromatic N) is 2. The largest absolute Gasteiger partial charge is 0.443 e. The maximum Gasteiger partial charge on any atom is 0.421 e. The lowest BCUT2D eigenvalue weighted by molar-refractivity contribution is -0.484. The van der Waals surface area contributed by atoms with Gasteiger partial charge in [0.15, 0.2) is 0 Å². The second-order valence-corrected chi connectivity index (χ2v) is 8.46. The molecule has 1 aliphatic heterocycles. The van der Waals surface area contributed by atoms with Gasteiger partial charge >= 0.3 is 6.09 Å². The maximum absolute atomic E-state index is 14.2. The first-order chi connectivity index (χ1) is 13.9. The molecular weight excluding hydrogens is 391 g/mol. The first kappa shape index (κ1) is 21.4. The zero-order valence-electron chi connectivity index (χ0n) is 17.2. The van der Waals surface area contributed by atoms with Crippen LogP contribution < -0.4 is 4.90 Å². The average molecular weight is 414 g/mol. The van der Waals surface area contributed by atoms with Crippen molar-refractivity contribution in [3.63, 3.8) is 0 Å². The topological polar surface area (TPSA) is 89.8 Å². The van der Waals surface area contributed by atoms with Crippen LogP contribution in [-0.2, 0) is 14.9 Å². The molecule has 7 nitrogen and oxygen atoms in total. The minimum absolute atomic E-state index is 0.169. The second kappa shape index (κ2) is 7.51. The first-order valence-electron chi connectivity index (χ1n) is 9.49. The van der Waals surface area contributed by atoms with Gasteiger partial charge in [-0.25, -0.2) is 14.1 Å². The molecule has 3 rings (SSSR count). The lowest BCUT2D eigenvalue weighted by atomic mass is 9.69. The highest BCUT2D eigenvalue weighted by atomic mass is 19.1. The number of imide groups is 1. The fourth-order valence-corrected chi connectivity index (χ4v) is 3.86. The van der Waals surface area contributed by atoms with Gasteiger partial charge in [-0.3, -0.25) is 14.9 Å². The molecule has 0 N–H and O–H groups in total. The number of fused-ring (bicyclic) bond motifs is 1. The highest BCUT2D eigenvalue weighted by Crippen LogP contribution is 2.50. The van der Waals surface area contributed by atoms with Gasteiger partial charge < -0.3 is 4.74 Å². The molecule has 2 aromatic rings. The molecule has 2 atom stereocenters. The van der Waals surface area contributed by atoms with Crippen LogP contribution in [0.2, 0.25) is 0 Å². The van der Waals surface area contributed by atoms with E-state index in [0.717, 1.165) is 17.0 Å². The van der Waals surface area contributed by atoms with Gasteiger partial charge in [0.25, 0.3) is 0 Å². The molecule has 0 unspecified atom stereocenters. The summed E-state index contributed by atoms with van der Waals surface area (Å²) < 4.78 is 19.6. The summed E-state index contributed by atoms with van der Waals surface area (Å²) in [6.45, 7) is 5.94. The van der Waals surface area contributed by atoms with Crippen molar-refractivity contribution >= 4 is 17.7 Å². The highest BCUT2D eigenvalue weighted by Gasteiger charge is 2.56. The average Bonchev–Trinajstić information content (AvgIpc) is 2.87. The van der Waals surface area contributed by atoms with Crippen LogP contribution in [0.3, 0.4) is 0 Å². The van der Waals surface area contributed by atoms with E-state index in [0.29, 0.717) is 5.56 Å². The molecule has 0 aliphatic carbocycles. The number of hydrogen-bond donors (Lipinski definition) is 0. The normalized spacial score (nSPS) is 19.4. The Balaban J connectivity index is 2.20. The van der Waals surface area contributed by atoms with Crippen molar-refractivity contribution in [2.24, 2.45) is 0 Å². The van der Waals surface area contributed by atoms with Gasteiger partial charge in [-0.2, -0.15) is 0 Å². The number of nitro groups is 1. The third-order valence-electron chi connectivity index (χ3n) is 5.21. The molecular formula is C22H23FN2O5. The number of carbonyl (C=O) groups is 2. The number of halogens is 1. The zero-order chi connectivity index (χ0) is 22.3. The summed E-state index contributed by atoms with van der Waals surface area (Å²) in [6.07, 6.45) is -0.906. The number of carbonyl (C=O) groups excluding carboxylic acids is 2. The lowest BCUT2D eigenvalue weighted by Gasteiger charge is -2.31. The van der Waals surface area contributed by atoms with Crippen LogP contribution in [0, 0.1) is 15.9 Å². The molecule has 8 heteroatoms. The third kappa shape index (κ3) is 3.77. The van der Waals surface area contributed by atoms with Crippen LogP contribution in [0.25, 0.3) is 0 Å². The molecule has 30 heavy (non-hydrogen) atoms. The SMILES string of the molecule is CC(C)(C)OC(=O)N1C(=O)[C@@](C)([C@H](C[N+](=O)[O-])c2ccccc2)c2cc(F)ccc21. The fourth-order valence-electron chi connectivity index (χ4n) is 3.86. The molecule has 2 amide bonds. The Labute approximate surface area is 173 Å². The summed E-state index contributed by atoms with van der Waals surface area (Å²) in [5, 5.41) is 11.5. The van der Waals surface area contributed by atoms with Gasteiger partial charge in [-0.05, 0) is 57.0 Å². The minimum atomic E-state index is -1.54. The van der Waals surface area contributed by atoms with Crippen molar-refractivity contribution in [1.29, 1.82) is 0 Å². The highest BCUT2D eigenvalue weighted by molar-refractivity contribution is 6.21. The van der Waals surface area contributed by atoms with E-state index in [4.69, 9.17) is 4.74 Å². The molecule has 2 aromatic carbocycles. The number of benzene rings is 2. The van der Waals surface area contributed by atoms with Gasteiger partial charge in [-0.1, -0.05) is 30.3 Å². The molecule has 1 heterocycles. The van der Waals surface area contributed by atoms with E-state index in [1.165, 1.54) is 13.0 Å². The van der Waals surface area contributed by atoms with Crippen molar-refractivity contribution in [2.45, 2.75) is 44.6 Å². The molecule has 0 saturated heterocycles. The summed E-state index contributed by atoms with van der Waals surface area (Å²) in [6, 6.07) is 12.2. The Morgan fingerprint density at radius 2 is 1.87 bits per heavy atom. The van der Waals surface area contributed by atoms with E-state index < -0.39 is 46.2 Å². The first-order valence-corrected chi connectivity index (χ1v) is 9.49. The summed E-state index contributed by atoms with van der Waals surface area (Å²) in [5.74, 6) is -2.21. The third-order valence-corrected chi connectivity index (χ3v) is 5.21. The predicted octanol–water partition coefficient (Wildman–Crippen LogP) is 4.43. The molecule has 0 bridgehead atoms. The number of anilines is 1. The quantitative estimate of drug-likeness (QED) is 0.545. The van der Waals surface area contributed by atoms with Gasteiger partial charge in [0.2, 0.25) is 12.5 Å². The molecule has 0 spiro atoms. The number of hydrogen-bond acceptors (Lipinski definition) is 5. The Kier molecular flexibility index (Phi) is 5.36. The molecule has 158 valence electrons. The summed E-state index contributed by atoms with van der Waals surface area (Å²) >= 11 is 0. The Hall–Kier alpha value is -3.29. The summed E-state index contributed by atoms with van der Waals surface area (Å²) in [7, 11) is 0. The van der Waals surface area contributed by atoms with E-state index in [9.17, 15) is 24.1 Å². The van der Waals surface area contributed by atoms with E-state index >= 15 is 0 Å². The van der Waals surface area contributed by atoms with Crippen LogP contribution in [0.15, 0.2) is 48.5 Å². The van der Waals surface area contributed by atoms with E-state index in [2.05, 4.69) is 0 Å². The van der Waals surface area contributed by atoms with Crippen LogP contribution >= 0.6 is 0 Å². The van der Waals surface area contributed by atoms with Crippen LogP contribution in [0.5, 0.6) is 0 Å². The van der Waals surface area contributed by atoms with E-state index in [-0.39, 0.29) is 11.3 Å². The fraction of sp³-hybridized carbons (Fsp3) is 0.364. The molecule has 1 aliphatic rings. The van der Waals surface area contributed by atoms with Crippen LogP contribution in [0.4, 0.5) is 14.9 Å². The van der Waals surface area contributed by atoms with Crippen molar-refractivity contribution < 1.29 is 23.6 Å². The van der Waals surface area contributed by atoms with Gasteiger partial charge in [0.05, 0.1) is 17.0 Å². The zero-order valence-corrected chi connectivity index (χ0v) is 17.2. The van der Waals surface area contributed by atoms with Gasteiger partial charge in [-0.15, -0.1) is 0 Å².